The molecule has 0 unspecified atom stereocenters. The summed E-state index contributed by atoms with van der Waals surface area (Å²) in [6.07, 6.45) is 5.49. The summed E-state index contributed by atoms with van der Waals surface area (Å²) in [5, 5.41) is 34.3. The predicted molar refractivity (Wildman–Crippen MR) is 554 cm³/mol. The molecule has 690 valence electrons. The zero-order valence-electron chi connectivity index (χ0n) is 78.7. The zero-order chi connectivity index (χ0) is 93.4. The number of phenolic OH excluding ortho intramolecular Hbond substituents is 3. The van der Waals surface area contributed by atoms with Gasteiger partial charge < -0.3 is 15.3 Å². The van der Waals surface area contributed by atoms with E-state index in [2.05, 4.69) is 271 Å². The Hall–Kier alpha value is -14.4. The summed E-state index contributed by atoms with van der Waals surface area (Å²) in [6.45, 7) is 26.4. The zero-order valence-corrected chi connectivity index (χ0v) is 85.5. The van der Waals surface area contributed by atoms with Crippen LogP contribution in [-0.2, 0) is 79.4 Å². The average Bonchev–Trinajstić information content (AvgIpc) is 1.57. The number of fused-ring (bicyclic) bond motifs is 3. The molecule has 0 radical (unpaired) electrons. The molecule has 0 aliphatic rings. The van der Waals surface area contributed by atoms with E-state index in [0.29, 0.717) is 34.2 Å². The molecule has 21 aromatic rings. The molecule has 0 spiro atoms. The molecule has 6 aromatic heterocycles. The Kier molecular flexibility index (Phi) is 28.7. The van der Waals surface area contributed by atoms with Crippen molar-refractivity contribution in [1.29, 1.82) is 0 Å². The second-order valence-corrected chi connectivity index (χ2v) is 37.5. The van der Waals surface area contributed by atoms with Crippen molar-refractivity contribution in [3.8, 4) is 169 Å². The normalized spacial score (nSPS) is 11.4. The molecule has 0 saturated heterocycles. The Morgan fingerprint density at radius 2 is 0.609 bits per heavy atom. The predicted octanol–water partition coefficient (Wildman–Crippen LogP) is 30.6. The van der Waals surface area contributed by atoms with E-state index in [4.69, 9.17) is 19.9 Å². The van der Waals surface area contributed by atoms with Gasteiger partial charge in [-0.1, -0.05) is 314 Å². The minimum absolute atomic E-state index is 0. The van der Waals surface area contributed by atoms with Gasteiger partial charge in [0.1, 0.15) is 34.7 Å². The molecule has 0 aliphatic heterocycles. The van der Waals surface area contributed by atoms with Crippen LogP contribution in [-0.4, -0.2) is 58.9 Å². The van der Waals surface area contributed by atoms with Crippen LogP contribution in [0.15, 0.2) is 383 Å². The number of hydrogen-bond donors (Lipinski definition) is 3. The van der Waals surface area contributed by atoms with E-state index in [0.717, 1.165) is 162 Å². The number of aromatic hydroxyl groups is 3. The van der Waals surface area contributed by atoms with Gasteiger partial charge in [0.25, 0.3) is 0 Å². The Labute approximate surface area is 850 Å². The molecule has 3 N–H and O–H groups in total. The van der Waals surface area contributed by atoms with Crippen molar-refractivity contribution in [3.05, 3.63) is 434 Å². The molecule has 0 amide bonds. The fourth-order valence-electron chi connectivity index (χ4n) is 17.9. The van der Waals surface area contributed by atoms with E-state index >= 15 is 0 Å². The third-order valence-electron chi connectivity index (χ3n) is 24.9. The maximum absolute atomic E-state index is 11.5. The molecule has 0 aliphatic carbocycles. The number of aromatic nitrogens is 9. The SMILES string of the molecule is CC(C)(C)c1cc(-c2[c-]c(-c3ccccn3)ccc2)c2nc(-c3ccc(-c4ccccc4)cc3O)n(-c3ccccc3)c2c1.CC(C)(C)c1ccnc(-c2[c-]c(-c3cc(C(C)(C)C)cc4c3nc(-c3ccc(-c5ccccc5)cc3O)n4-c3ccccc3)ccc2)c1.Cc1cc(C)c(-n2c(-c3cc(-c4ccccc4)ccc3O)nc3c(-c4[c-]c(-c5ccccn5)ccc4)cccc32)c(C)c1.[Pt].[Pt].[Pt]. The molecule has 0 atom stereocenters. The third kappa shape index (κ3) is 20.1. The number of hydrogen-bond acceptors (Lipinski definition) is 9. The van der Waals surface area contributed by atoms with Gasteiger partial charge in [-0.2, -0.15) is 0 Å². The largest absolute Gasteiger partial charge is 0.507 e. The molecule has 15 aromatic carbocycles. The van der Waals surface area contributed by atoms with Crippen LogP contribution in [0.1, 0.15) is 95.7 Å². The molecule has 138 heavy (non-hydrogen) atoms. The first-order valence-electron chi connectivity index (χ1n) is 45.7. The van der Waals surface area contributed by atoms with Crippen molar-refractivity contribution in [3.63, 3.8) is 0 Å². The van der Waals surface area contributed by atoms with Crippen LogP contribution in [0.4, 0.5) is 0 Å². The maximum atomic E-state index is 11.5. The Bertz CT molecular complexity index is 7940. The average molecular weight is 2340 g/mol. The van der Waals surface area contributed by atoms with Crippen molar-refractivity contribution in [2.75, 3.05) is 0 Å². The van der Waals surface area contributed by atoms with Crippen LogP contribution in [0.5, 0.6) is 17.2 Å². The topological polar surface area (TPSA) is 153 Å². The van der Waals surface area contributed by atoms with Gasteiger partial charge in [-0.3, -0.25) is 28.7 Å². The van der Waals surface area contributed by atoms with Crippen molar-refractivity contribution in [1.82, 2.24) is 43.6 Å². The summed E-state index contributed by atoms with van der Waals surface area (Å²) in [6, 6.07) is 134. The maximum Gasteiger partial charge on any atom is 0.148 e. The summed E-state index contributed by atoms with van der Waals surface area (Å²) in [5.74, 6) is 2.59. The summed E-state index contributed by atoms with van der Waals surface area (Å²) in [4.78, 5) is 29.8. The minimum atomic E-state index is -0.130. The molecule has 6 heterocycles. The van der Waals surface area contributed by atoms with Gasteiger partial charge in [0, 0.05) is 110 Å². The van der Waals surface area contributed by atoms with Crippen LogP contribution in [0.3, 0.4) is 0 Å². The minimum Gasteiger partial charge on any atom is -0.507 e. The van der Waals surface area contributed by atoms with Gasteiger partial charge in [-0.05, 0) is 195 Å². The number of benzene rings is 15. The van der Waals surface area contributed by atoms with Gasteiger partial charge in [-0.25, -0.2) is 15.0 Å². The number of pyridine rings is 3. The number of rotatable bonds is 15. The summed E-state index contributed by atoms with van der Waals surface area (Å²) in [7, 11) is 0. The van der Waals surface area contributed by atoms with Crippen molar-refractivity contribution >= 4 is 33.1 Å². The van der Waals surface area contributed by atoms with Gasteiger partial charge >= 0.3 is 0 Å². The monoisotopic (exact) mass is 2340 g/mol. The molecule has 12 nitrogen and oxygen atoms in total. The fraction of sp³-hybridized carbons (Fsp3) is 0.122. The number of phenols is 3. The number of aryl methyl sites for hydroxylation is 3. The molecule has 0 saturated carbocycles. The second-order valence-electron chi connectivity index (χ2n) is 37.5. The molecular formula is C123H102N9O3Pt3-3. The van der Waals surface area contributed by atoms with Gasteiger partial charge in [0.15, 0.2) is 0 Å². The first-order valence-corrected chi connectivity index (χ1v) is 45.7. The Morgan fingerprint density at radius 1 is 0.246 bits per heavy atom. The van der Waals surface area contributed by atoms with E-state index in [9.17, 15) is 15.3 Å². The standard InChI is InChI=1S/C44H40N3O.C40H32N3O.C39H30N3O.3Pt/c1-43(2,3)33-22-23-45-38(27-33)32-17-13-16-31(24-32)37-26-34(44(4,5)6)28-39-41(37)46-42(47(39)35-18-11-8-12-19-35)36-21-20-30(25-40(36)48)29-14-9-7-10-15-29;1-40(2,3)31-25-34(29-15-12-16-30(23-29)35-19-10-11-22-41-35)38-36(26-31)43(32-17-8-5-9-18-32)39(42-38)33-21-20-28(24-37(33)44)27-13-6-4-7-14-27;1-25-21-26(2)38(27(3)22-25)42-35-17-10-15-32(30-13-9-14-31(23-30)34-16-7-8-20-40-34)37(35)41-39(42)33-24-29(18-19-36(33)43)28-11-5-4-6-12-28;;;/h7-23,25-28,48H,1-6H3;4-22,24-26,44H,1-3H3;4-22,24,43H,1-3H3;;;/q3*-1;;;. The smallest absolute Gasteiger partial charge is 0.148 e. The molecular weight excluding hydrogens is 2240 g/mol. The van der Waals surface area contributed by atoms with E-state index < -0.39 is 0 Å². The number of nitrogens with zero attached hydrogens (tertiary/aromatic N) is 9. The van der Waals surface area contributed by atoms with E-state index in [1.807, 2.05) is 219 Å². The quantitative estimate of drug-likeness (QED) is 0.0852. The van der Waals surface area contributed by atoms with Gasteiger partial charge in [0.05, 0.1) is 55.5 Å². The summed E-state index contributed by atoms with van der Waals surface area (Å²) < 4.78 is 6.53. The van der Waals surface area contributed by atoms with Crippen LogP contribution in [0, 0.1) is 39.0 Å². The van der Waals surface area contributed by atoms with Crippen LogP contribution in [0.25, 0.3) is 185 Å². The van der Waals surface area contributed by atoms with E-state index in [1.165, 1.54) is 22.3 Å². The van der Waals surface area contributed by atoms with Crippen LogP contribution >= 0.6 is 0 Å². The Balaban J connectivity index is 0.000000148. The number of imidazole rings is 3. The fourth-order valence-corrected chi connectivity index (χ4v) is 17.9. The summed E-state index contributed by atoms with van der Waals surface area (Å²) in [5.41, 5.74) is 34.6. The van der Waals surface area contributed by atoms with Crippen molar-refractivity contribution in [2.24, 2.45) is 0 Å². The van der Waals surface area contributed by atoms with Crippen molar-refractivity contribution < 1.29 is 78.5 Å². The van der Waals surface area contributed by atoms with Gasteiger partial charge in [0.2, 0.25) is 0 Å². The van der Waals surface area contributed by atoms with Crippen molar-refractivity contribution in [2.45, 2.75) is 99.3 Å². The number of para-hydroxylation sites is 3. The first kappa shape index (κ1) is 96.7. The summed E-state index contributed by atoms with van der Waals surface area (Å²) >= 11 is 0. The van der Waals surface area contributed by atoms with Gasteiger partial charge in [-0.15, -0.1) is 89.5 Å². The van der Waals surface area contributed by atoms with E-state index in [1.54, 1.807) is 18.5 Å². The molecule has 0 bridgehead atoms. The molecule has 15 heteroatoms. The molecule has 21 rings (SSSR count). The van der Waals surface area contributed by atoms with Crippen LogP contribution < -0.4 is 0 Å². The van der Waals surface area contributed by atoms with Crippen LogP contribution in [0.2, 0.25) is 0 Å². The molecule has 0 fully saturated rings. The first-order chi connectivity index (χ1) is 65.3. The second kappa shape index (κ2) is 40.9. The third-order valence-corrected chi connectivity index (χ3v) is 24.9. The Morgan fingerprint density at radius 3 is 1.02 bits per heavy atom. The van der Waals surface area contributed by atoms with E-state index in [-0.39, 0.29) is 96.7 Å².